The number of nitrogens with zero attached hydrogens (tertiary/aromatic N) is 3. The fourth-order valence-electron chi connectivity index (χ4n) is 2.78. The van der Waals surface area contributed by atoms with Gasteiger partial charge in [0.25, 0.3) is 11.2 Å². The van der Waals surface area contributed by atoms with Gasteiger partial charge in [-0.05, 0) is 48.6 Å². The predicted molar refractivity (Wildman–Crippen MR) is 102 cm³/mol. The molecular weight excluding hydrogens is 346 g/mol. The molecule has 0 saturated carbocycles. The van der Waals surface area contributed by atoms with Gasteiger partial charge >= 0.3 is 0 Å². The number of aromatic nitrogens is 2. The number of hydrogen-bond donors (Lipinski definition) is 0. The van der Waals surface area contributed by atoms with Gasteiger partial charge in [-0.25, -0.2) is 4.98 Å². The van der Waals surface area contributed by atoms with E-state index in [1.54, 1.807) is 48.7 Å². The summed E-state index contributed by atoms with van der Waals surface area (Å²) in [6.07, 6.45) is 4.93. The SMILES string of the molecule is O=c1c2ccccc2nc(/C=C/c2ccco2)n1-c1ccc([N+](=O)[O-])cc1. The Morgan fingerprint density at radius 3 is 2.48 bits per heavy atom. The fraction of sp³-hybridized carbons (Fsp3) is 0. The Balaban J connectivity index is 1.93. The average molecular weight is 359 g/mol. The Bertz CT molecular complexity index is 1210. The summed E-state index contributed by atoms with van der Waals surface area (Å²) in [7, 11) is 0. The number of para-hydroxylation sites is 1. The van der Waals surface area contributed by atoms with Crippen LogP contribution in [-0.4, -0.2) is 14.5 Å². The maximum Gasteiger partial charge on any atom is 0.269 e. The molecule has 4 rings (SSSR count). The zero-order valence-electron chi connectivity index (χ0n) is 14.0. The number of furan rings is 1. The minimum absolute atomic E-state index is 0.0479. The molecule has 0 atom stereocenters. The van der Waals surface area contributed by atoms with Crippen LogP contribution in [0.2, 0.25) is 0 Å². The summed E-state index contributed by atoms with van der Waals surface area (Å²) in [4.78, 5) is 28.0. The van der Waals surface area contributed by atoms with Gasteiger partial charge in [0.15, 0.2) is 0 Å². The molecule has 0 fully saturated rings. The topological polar surface area (TPSA) is 91.2 Å². The lowest BCUT2D eigenvalue weighted by Gasteiger charge is -2.11. The van der Waals surface area contributed by atoms with Crippen molar-refractivity contribution in [3.63, 3.8) is 0 Å². The van der Waals surface area contributed by atoms with Crippen molar-refractivity contribution in [1.82, 2.24) is 9.55 Å². The van der Waals surface area contributed by atoms with Gasteiger partial charge in [-0.3, -0.25) is 19.5 Å². The van der Waals surface area contributed by atoms with Crippen molar-refractivity contribution in [3.05, 3.63) is 99.0 Å². The summed E-state index contributed by atoms with van der Waals surface area (Å²) in [6, 6.07) is 16.4. The van der Waals surface area contributed by atoms with E-state index in [0.29, 0.717) is 28.2 Å². The van der Waals surface area contributed by atoms with Crippen LogP contribution in [0.25, 0.3) is 28.7 Å². The molecule has 27 heavy (non-hydrogen) atoms. The number of hydrogen-bond acceptors (Lipinski definition) is 5. The Morgan fingerprint density at radius 2 is 1.78 bits per heavy atom. The normalized spacial score (nSPS) is 11.3. The summed E-state index contributed by atoms with van der Waals surface area (Å²) in [5, 5.41) is 11.4. The Kier molecular flexibility index (Phi) is 4.10. The van der Waals surface area contributed by atoms with Crippen LogP contribution in [0.4, 0.5) is 5.69 Å². The van der Waals surface area contributed by atoms with E-state index in [2.05, 4.69) is 4.98 Å². The lowest BCUT2D eigenvalue weighted by molar-refractivity contribution is -0.384. The molecular formula is C20H13N3O4. The Labute approximate surface area is 153 Å². The molecule has 0 N–H and O–H groups in total. The average Bonchev–Trinajstić information content (AvgIpc) is 3.20. The number of benzene rings is 2. The minimum atomic E-state index is -0.483. The standard InChI is InChI=1S/C20H13N3O4/c24-20-17-5-1-2-6-18(17)21-19(12-11-16-4-3-13-27-16)22(20)14-7-9-15(10-8-14)23(25)26/h1-13H/b12-11+. The molecule has 0 unspecified atom stereocenters. The molecule has 7 nitrogen and oxygen atoms in total. The van der Waals surface area contributed by atoms with Crippen LogP contribution in [0.5, 0.6) is 0 Å². The van der Waals surface area contributed by atoms with Gasteiger partial charge in [0.1, 0.15) is 11.6 Å². The van der Waals surface area contributed by atoms with E-state index in [1.807, 2.05) is 6.07 Å². The van der Waals surface area contributed by atoms with Crippen LogP contribution >= 0.6 is 0 Å². The molecule has 4 aromatic rings. The van der Waals surface area contributed by atoms with E-state index in [0.717, 1.165) is 0 Å². The monoisotopic (exact) mass is 359 g/mol. The molecule has 0 amide bonds. The lowest BCUT2D eigenvalue weighted by atomic mass is 10.2. The van der Waals surface area contributed by atoms with Crippen LogP contribution in [0.3, 0.4) is 0 Å². The van der Waals surface area contributed by atoms with Crippen LogP contribution in [0, 0.1) is 10.1 Å². The van der Waals surface area contributed by atoms with Gasteiger partial charge in [-0.15, -0.1) is 0 Å². The first kappa shape index (κ1) is 16.5. The van der Waals surface area contributed by atoms with Crippen LogP contribution in [0.15, 0.2) is 76.1 Å². The third-order valence-corrected chi connectivity index (χ3v) is 4.06. The van der Waals surface area contributed by atoms with Crippen molar-refractivity contribution in [3.8, 4) is 5.69 Å². The first-order chi connectivity index (χ1) is 13.1. The van der Waals surface area contributed by atoms with Gasteiger partial charge < -0.3 is 4.42 Å². The number of non-ortho nitro benzene ring substituents is 1. The molecule has 2 aromatic heterocycles. The molecule has 0 radical (unpaired) electrons. The molecule has 2 heterocycles. The highest BCUT2D eigenvalue weighted by Crippen LogP contribution is 2.18. The van der Waals surface area contributed by atoms with Crippen LogP contribution in [-0.2, 0) is 0 Å². The lowest BCUT2D eigenvalue weighted by Crippen LogP contribution is -2.22. The van der Waals surface area contributed by atoms with Crippen LogP contribution in [0.1, 0.15) is 11.6 Å². The van der Waals surface area contributed by atoms with Gasteiger partial charge in [0.05, 0.1) is 27.8 Å². The molecule has 7 heteroatoms. The number of nitro benzene ring substituents is 1. The van der Waals surface area contributed by atoms with E-state index in [9.17, 15) is 14.9 Å². The fourth-order valence-corrected chi connectivity index (χ4v) is 2.78. The molecule has 0 bridgehead atoms. The van der Waals surface area contributed by atoms with Crippen LogP contribution < -0.4 is 5.56 Å². The molecule has 0 saturated heterocycles. The molecule has 0 spiro atoms. The second-order valence-electron chi connectivity index (χ2n) is 5.75. The Morgan fingerprint density at radius 1 is 1.00 bits per heavy atom. The van der Waals surface area contributed by atoms with Gasteiger partial charge in [0.2, 0.25) is 0 Å². The van der Waals surface area contributed by atoms with E-state index >= 15 is 0 Å². The van der Waals surface area contributed by atoms with Crippen molar-refractivity contribution < 1.29 is 9.34 Å². The highest BCUT2D eigenvalue weighted by atomic mass is 16.6. The predicted octanol–water partition coefficient (Wildman–Crippen LogP) is 4.06. The number of fused-ring (bicyclic) bond motifs is 1. The molecule has 132 valence electrons. The summed E-state index contributed by atoms with van der Waals surface area (Å²) >= 11 is 0. The third kappa shape index (κ3) is 3.13. The van der Waals surface area contributed by atoms with Crippen molar-refractivity contribution in [2.24, 2.45) is 0 Å². The molecule has 0 aliphatic heterocycles. The quantitative estimate of drug-likeness (QED) is 0.405. The first-order valence-electron chi connectivity index (χ1n) is 8.12. The number of rotatable bonds is 4. The highest BCUT2D eigenvalue weighted by Gasteiger charge is 2.12. The Hall–Kier alpha value is -4.00. The maximum atomic E-state index is 13.1. The van der Waals surface area contributed by atoms with Gasteiger partial charge in [-0.1, -0.05) is 12.1 Å². The van der Waals surface area contributed by atoms with Gasteiger partial charge in [0, 0.05) is 12.1 Å². The zero-order valence-corrected chi connectivity index (χ0v) is 14.0. The van der Waals surface area contributed by atoms with E-state index in [1.165, 1.54) is 28.8 Å². The zero-order chi connectivity index (χ0) is 18.8. The van der Waals surface area contributed by atoms with E-state index < -0.39 is 4.92 Å². The molecule has 2 aromatic carbocycles. The summed E-state index contributed by atoms with van der Waals surface area (Å²) in [5.41, 5.74) is 0.754. The largest absolute Gasteiger partial charge is 0.465 e. The van der Waals surface area contributed by atoms with E-state index in [-0.39, 0.29) is 11.2 Å². The van der Waals surface area contributed by atoms with E-state index in [4.69, 9.17) is 4.42 Å². The highest BCUT2D eigenvalue weighted by molar-refractivity contribution is 5.79. The summed E-state index contributed by atoms with van der Waals surface area (Å²) in [5.74, 6) is 1.01. The third-order valence-electron chi connectivity index (χ3n) is 4.06. The second-order valence-corrected chi connectivity index (χ2v) is 5.75. The van der Waals surface area contributed by atoms with Crippen molar-refractivity contribution in [2.75, 3.05) is 0 Å². The summed E-state index contributed by atoms with van der Waals surface area (Å²) in [6.45, 7) is 0. The molecule has 0 aliphatic rings. The summed E-state index contributed by atoms with van der Waals surface area (Å²) < 4.78 is 6.71. The van der Waals surface area contributed by atoms with Crippen molar-refractivity contribution in [1.29, 1.82) is 0 Å². The maximum absolute atomic E-state index is 13.1. The number of nitro groups is 1. The van der Waals surface area contributed by atoms with Crippen molar-refractivity contribution in [2.45, 2.75) is 0 Å². The van der Waals surface area contributed by atoms with Gasteiger partial charge in [-0.2, -0.15) is 0 Å². The second kappa shape index (κ2) is 6.72. The molecule has 0 aliphatic carbocycles. The first-order valence-corrected chi connectivity index (χ1v) is 8.12. The minimum Gasteiger partial charge on any atom is -0.465 e. The smallest absolute Gasteiger partial charge is 0.269 e. The van der Waals surface area contributed by atoms with Crippen molar-refractivity contribution >= 4 is 28.7 Å².